The molecule has 1 aromatic heterocycles. The Balaban J connectivity index is 2.36. The van der Waals surface area contributed by atoms with E-state index in [1.54, 1.807) is 31.2 Å². The van der Waals surface area contributed by atoms with Gasteiger partial charge in [-0.1, -0.05) is 0 Å². The third kappa shape index (κ3) is 2.40. The fourth-order valence-corrected chi connectivity index (χ4v) is 1.61. The number of esters is 1. The zero-order valence-corrected chi connectivity index (χ0v) is 10.3. The van der Waals surface area contributed by atoms with Crippen LogP contribution in [0.1, 0.15) is 22.8 Å². The van der Waals surface area contributed by atoms with Crippen molar-refractivity contribution < 1.29 is 9.53 Å². The maximum atomic E-state index is 11.6. The average Bonchev–Trinajstić information content (AvgIpc) is 2.81. The molecule has 0 radical (unpaired) electrons. The number of hydrogen-bond acceptors (Lipinski definition) is 5. The van der Waals surface area contributed by atoms with Crippen molar-refractivity contribution in [2.75, 3.05) is 12.3 Å². The summed E-state index contributed by atoms with van der Waals surface area (Å²) >= 11 is 0. The van der Waals surface area contributed by atoms with Gasteiger partial charge in [-0.3, -0.25) is 0 Å². The van der Waals surface area contributed by atoms with E-state index in [9.17, 15) is 4.79 Å². The molecule has 2 N–H and O–H groups in total. The first-order valence-corrected chi connectivity index (χ1v) is 5.68. The molecule has 19 heavy (non-hydrogen) atoms. The lowest BCUT2D eigenvalue weighted by Crippen LogP contribution is -2.08. The minimum Gasteiger partial charge on any atom is -0.462 e. The molecular formula is C13H12N4O2. The summed E-state index contributed by atoms with van der Waals surface area (Å²) in [5.74, 6) is -0.289. The standard InChI is InChI=1S/C13H12N4O2/c1-2-19-13(18)11-8-16-17(12(11)15)10-5-3-9(7-14)4-6-10/h3-6,8H,2,15H2,1H3. The number of aromatic nitrogens is 2. The number of carbonyl (C=O) groups excluding carboxylic acids is 1. The van der Waals surface area contributed by atoms with Crippen molar-refractivity contribution >= 4 is 11.8 Å². The van der Waals surface area contributed by atoms with Crippen molar-refractivity contribution in [1.29, 1.82) is 5.26 Å². The Morgan fingerprint density at radius 1 is 1.47 bits per heavy atom. The normalized spacial score (nSPS) is 9.89. The molecule has 2 aromatic rings. The Morgan fingerprint density at radius 2 is 2.16 bits per heavy atom. The molecule has 0 amide bonds. The fraction of sp³-hybridized carbons (Fsp3) is 0.154. The van der Waals surface area contributed by atoms with Crippen LogP contribution in [0.4, 0.5) is 5.82 Å². The van der Waals surface area contributed by atoms with Gasteiger partial charge in [0.15, 0.2) is 0 Å². The molecule has 6 heteroatoms. The van der Waals surface area contributed by atoms with Crippen LogP contribution in [0.2, 0.25) is 0 Å². The number of ether oxygens (including phenoxy) is 1. The van der Waals surface area contributed by atoms with E-state index in [1.807, 2.05) is 6.07 Å². The molecule has 0 bridgehead atoms. The highest BCUT2D eigenvalue weighted by atomic mass is 16.5. The molecule has 0 aliphatic heterocycles. The van der Waals surface area contributed by atoms with E-state index in [-0.39, 0.29) is 18.0 Å². The zero-order valence-electron chi connectivity index (χ0n) is 10.3. The Bertz CT molecular complexity index is 638. The molecule has 0 saturated heterocycles. The predicted molar refractivity (Wildman–Crippen MR) is 68.6 cm³/mol. The SMILES string of the molecule is CCOC(=O)c1cnn(-c2ccc(C#N)cc2)c1N. The van der Waals surface area contributed by atoms with Gasteiger partial charge in [-0.05, 0) is 31.2 Å². The summed E-state index contributed by atoms with van der Waals surface area (Å²) in [5.41, 5.74) is 7.31. The number of nitrogen functional groups attached to an aromatic ring is 1. The quantitative estimate of drug-likeness (QED) is 0.840. The highest BCUT2D eigenvalue weighted by Gasteiger charge is 2.16. The van der Waals surface area contributed by atoms with Gasteiger partial charge in [-0.25, -0.2) is 9.48 Å². The first-order valence-electron chi connectivity index (χ1n) is 5.68. The van der Waals surface area contributed by atoms with E-state index in [4.69, 9.17) is 15.7 Å². The highest BCUT2D eigenvalue weighted by Crippen LogP contribution is 2.18. The Kier molecular flexibility index (Phi) is 3.48. The summed E-state index contributed by atoms with van der Waals surface area (Å²) in [5, 5.41) is 12.8. The van der Waals surface area contributed by atoms with Crippen molar-refractivity contribution in [3.05, 3.63) is 41.6 Å². The molecular weight excluding hydrogens is 244 g/mol. The van der Waals surface area contributed by atoms with Crippen LogP contribution in [-0.4, -0.2) is 22.4 Å². The number of anilines is 1. The van der Waals surface area contributed by atoms with E-state index in [2.05, 4.69) is 5.10 Å². The zero-order chi connectivity index (χ0) is 13.8. The number of rotatable bonds is 3. The monoisotopic (exact) mass is 256 g/mol. The number of nitrogens with two attached hydrogens (primary N) is 1. The van der Waals surface area contributed by atoms with Gasteiger partial charge in [0.1, 0.15) is 11.4 Å². The van der Waals surface area contributed by atoms with Crippen molar-refractivity contribution in [2.24, 2.45) is 0 Å². The minimum absolute atomic E-state index is 0.211. The number of nitrogens with zero attached hydrogens (tertiary/aromatic N) is 3. The molecule has 6 nitrogen and oxygen atoms in total. The van der Waals surface area contributed by atoms with E-state index in [0.29, 0.717) is 11.3 Å². The van der Waals surface area contributed by atoms with Gasteiger partial charge in [0.25, 0.3) is 0 Å². The second-order valence-electron chi connectivity index (χ2n) is 3.73. The lowest BCUT2D eigenvalue weighted by Gasteiger charge is -2.05. The number of carbonyl (C=O) groups is 1. The third-order valence-electron chi connectivity index (χ3n) is 2.54. The largest absolute Gasteiger partial charge is 0.462 e. The fourth-order valence-electron chi connectivity index (χ4n) is 1.61. The van der Waals surface area contributed by atoms with Gasteiger partial charge in [0.2, 0.25) is 0 Å². The molecule has 0 aliphatic rings. The Hall–Kier alpha value is -2.81. The molecule has 1 heterocycles. The second kappa shape index (κ2) is 5.23. The maximum absolute atomic E-state index is 11.6. The van der Waals surface area contributed by atoms with Crippen LogP contribution in [0.25, 0.3) is 5.69 Å². The summed E-state index contributed by atoms with van der Waals surface area (Å²) in [4.78, 5) is 11.6. The van der Waals surface area contributed by atoms with Crippen LogP contribution in [0, 0.1) is 11.3 Å². The van der Waals surface area contributed by atoms with Crippen LogP contribution in [-0.2, 0) is 4.74 Å². The highest BCUT2D eigenvalue weighted by molar-refractivity contribution is 5.94. The molecule has 0 spiro atoms. The van der Waals surface area contributed by atoms with Crippen molar-refractivity contribution in [3.63, 3.8) is 0 Å². The number of hydrogen-bond donors (Lipinski definition) is 1. The number of nitriles is 1. The lowest BCUT2D eigenvalue weighted by atomic mass is 10.2. The Labute approximate surface area is 110 Å². The average molecular weight is 256 g/mol. The topological polar surface area (TPSA) is 93.9 Å². The van der Waals surface area contributed by atoms with E-state index < -0.39 is 5.97 Å². The summed E-state index contributed by atoms with van der Waals surface area (Å²) < 4.78 is 6.30. The molecule has 1 aromatic carbocycles. The van der Waals surface area contributed by atoms with Crippen LogP contribution in [0.15, 0.2) is 30.5 Å². The van der Waals surface area contributed by atoms with Gasteiger partial charge >= 0.3 is 5.97 Å². The minimum atomic E-state index is -0.500. The molecule has 2 rings (SSSR count). The van der Waals surface area contributed by atoms with Crippen LogP contribution >= 0.6 is 0 Å². The van der Waals surface area contributed by atoms with Gasteiger partial charge < -0.3 is 10.5 Å². The molecule has 0 saturated carbocycles. The molecule has 0 aliphatic carbocycles. The molecule has 0 fully saturated rings. The van der Waals surface area contributed by atoms with Crippen molar-refractivity contribution in [2.45, 2.75) is 6.92 Å². The molecule has 96 valence electrons. The summed E-state index contributed by atoms with van der Waals surface area (Å²) in [6.45, 7) is 2.00. The second-order valence-corrected chi connectivity index (χ2v) is 3.73. The van der Waals surface area contributed by atoms with Crippen LogP contribution in [0.3, 0.4) is 0 Å². The predicted octanol–water partition coefficient (Wildman–Crippen LogP) is 1.50. The summed E-state index contributed by atoms with van der Waals surface area (Å²) in [6, 6.07) is 8.74. The van der Waals surface area contributed by atoms with E-state index in [1.165, 1.54) is 10.9 Å². The van der Waals surface area contributed by atoms with Crippen molar-refractivity contribution in [3.8, 4) is 11.8 Å². The maximum Gasteiger partial charge on any atom is 0.343 e. The lowest BCUT2D eigenvalue weighted by molar-refractivity contribution is 0.0527. The molecule has 0 unspecified atom stereocenters. The molecule has 0 atom stereocenters. The van der Waals surface area contributed by atoms with Gasteiger partial charge in [-0.15, -0.1) is 0 Å². The van der Waals surface area contributed by atoms with E-state index >= 15 is 0 Å². The van der Waals surface area contributed by atoms with Crippen LogP contribution < -0.4 is 5.73 Å². The first-order chi connectivity index (χ1) is 9.17. The first kappa shape index (κ1) is 12.6. The summed E-state index contributed by atoms with van der Waals surface area (Å²) in [6.07, 6.45) is 1.37. The van der Waals surface area contributed by atoms with Crippen LogP contribution in [0.5, 0.6) is 0 Å². The summed E-state index contributed by atoms with van der Waals surface area (Å²) in [7, 11) is 0. The Morgan fingerprint density at radius 3 is 2.74 bits per heavy atom. The third-order valence-corrected chi connectivity index (χ3v) is 2.54. The van der Waals surface area contributed by atoms with Crippen molar-refractivity contribution in [1.82, 2.24) is 9.78 Å². The number of benzene rings is 1. The van der Waals surface area contributed by atoms with Gasteiger partial charge in [0, 0.05) is 0 Å². The van der Waals surface area contributed by atoms with Gasteiger partial charge in [0.05, 0.1) is 30.1 Å². The smallest absolute Gasteiger partial charge is 0.343 e. The van der Waals surface area contributed by atoms with Gasteiger partial charge in [-0.2, -0.15) is 10.4 Å². The van der Waals surface area contributed by atoms with E-state index in [0.717, 1.165) is 0 Å².